The molecule has 5 heteroatoms. The molecule has 0 saturated heterocycles. The van der Waals surface area contributed by atoms with Crippen molar-refractivity contribution in [3.05, 3.63) is 35.8 Å². The van der Waals surface area contributed by atoms with Crippen molar-refractivity contribution in [2.45, 2.75) is 32.7 Å². The van der Waals surface area contributed by atoms with Gasteiger partial charge in [-0.1, -0.05) is 6.92 Å². The zero-order chi connectivity index (χ0) is 13.0. The van der Waals surface area contributed by atoms with Gasteiger partial charge in [0.15, 0.2) is 0 Å². The summed E-state index contributed by atoms with van der Waals surface area (Å²) in [4.78, 5) is 4.27. The lowest BCUT2D eigenvalue weighted by molar-refractivity contribution is 0.391. The standard InChI is InChI=1S/C13H20N4O/c1-4-7-14-11(12-6-5-10(2)18-12)8-13-15-9-16-17(13)3/h5-6,9,11,14H,4,7-8H2,1-3H3. The van der Waals surface area contributed by atoms with Crippen molar-refractivity contribution in [2.75, 3.05) is 6.54 Å². The summed E-state index contributed by atoms with van der Waals surface area (Å²) in [5, 5.41) is 7.59. The first-order valence-corrected chi connectivity index (χ1v) is 6.33. The van der Waals surface area contributed by atoms with E-state index in [-0.39, 0.29) is 6.04 Å². The molecule has 5 nitrogen and oxygen atoms in total. The number of aryl methyl sites for hydroxylation is 2. The number of aromatic nitrogens is 3. The topological polar surface area (TPSA) is 55.9 Å². The Morgan fingerprint density at radius 2 is 2.28 bits per heavy atom. The summed E-state index contributed by atoms with van der Waals surface area (Å²) in [5.41, 5.74) is 0. The average Bonchev–Trinajstić information content (AvgIpc) is 2.94. The number of nitrogens with zero attached hydrogens (tertiary/aromatic N) is 3. The van der Waals surface area contributed by atoms with Crippen LogP contribution in [0.25, 0.3) is 0 Å². The minimum absolute atomic E-state index is 0.154. The Labute approximate surface area is 107 Å². The molecule has 98 valence electrons. The summed E-state index contributed by atoms with van der Waals surface area (Å²) in [6.07, 6.45) is 3.46. The van der Waals surface area contributed by atoms with Crippen LogP contribution in [0.5, 0.6) is 0 Å². The maximum absolute atomic E-state index is 5.71. The van der Waals surface area contributed by atoms with E-state index in [1.165, 1.54) is 0 Å². The largest absolute Gasteiger partial charge is 0.465 e. The molecule has 0 amide bonds. The lowest BCUT2D eigenvalue weighted by Crippen LogP contribution is -2.24. The Balaban J connectivity index is 2.12. The second-order valence-corrected chi connectivity index (χ2v) is 4.46. The maximum atomic E-state index is 5.71. The van der Waals surface area contributed by atoms with Gasteiger partial charge in [0.1, 0.15) is 23.7 Å². The Morgan fingerprint density at radius 3 is 2.83 bits per heavy atom. The van der Waals surface area contributed by atoms with E-state index in [2.05, 4.69) is 22.3 Å². The third-order valence-electron chi connectivity index (χ3n) is 2.94. The molecule has 0 aliphatic rings. The van der Waals surface area contributed by atoms with Crippen molar-refractivity contribution < 1.29 is 4.42 Å². The van der Waals surface area contributed by atoms with Gasteiger partial charge in [0.25, 0.3) is 0 Å². The van der Waals surface area contributed by atoms with Crippen molar-refractivity contribution in [3.63, 3.8) is 0 Å². The van der Waals surface area contributed by atoms with Gasteiger partial charge in [-0.15, -0.1) is 0 Å². The van der Waals surface area contributed by atoms with Crippen LogP contribution < -0.4 is 5.32 Å². The summed E-state index contributed by atoms with van der Waals surface area (Å²) in [5.74, 6) is 2.85. The molecular weight excluding hydrogens is 228 g/mol. The molecule has 0 spiro atoms. The number of furan rings is 1. The van der Waals surface area contributed by atoms with E-state index < -0.39 is 0 Å². The fraction of sp³-hybridized carbons (Fsp3) is 0.538. The molecule has 0 bridgehead atoms. The fourth-order valence-corrected chi connectivity index (χ4v) is 1.92. The van der Waals surface area contributed by atoms with Crippen LogP contribution in [-0.2, 0) is 13.5 Å². The molecule has 18 heavy (non-hydrogen) atoms. The lowest BCUT2D eigenvalue weighted by atomic mass is 10.1. The van der Waals surface area contributed by atoms with Crippen LogP contribution in [0.15, 0.2) is 22.9 Å². The summed E-state index contributed by atoms with van der Waals surface area (Å²) >= 11 is 0. The first-order chi connectivity index (χ1) is 8.70. The number of hydrogen-bond donors (Lipinski definition) is 1. The molecule has 0 fully saturated rings. The van der Waals surface area contributed by atoms with Crippen LogP contribution >= 0.6 is 0 Å². The highest BCUT2D eigenvalue weighted by Crippen LogP contribution is 2.19. The smallest absolute Gasteiger partial charge is 0.138 e. The van der Waals surface area contributed by atoms with Gasteiger partial charge in [-0.2, -0.15) is 5.10 Å². The molecule has 0 aliphatic heterocycles. The molecule has 0 aliphatic carbocycles. The van der Waals surface area contributed by atoms with Gasteiger partial charge in [-0.25, -0.2) is 4.98 Å². The summed E-state index contributed by atoms with van der Waals surface area (Å²) in [6, 6.07) is 4.17. The Hall–Kier alpha value is -1.62. The number of hydrogen-bond acceptors (Lipinski definition) is 4. The van der Waals surface area contributed by atoms with Gasteiger partial charge < -0.3 is 9.73 Å². The van der Waals surface area contributed by atoms with Crippen molar-refractivity contribution in [1.82, 2.24) is 20.1 Å². The highest BCUT2D eigenvalue weighted by atomic mass is 16.3. The van der Waals surface area contributed by atoms with Gasteiger partial charge in [0.05, 0.1) is 6.04 Å². The van der Waals surface area contributed by atoms with Crippen LogP contribution in [0, 0.1) is 6.92 Å². The summed E-state index contributed by atoms with van der Waals surface area (Å²) in [6.45, 7) is 5.07. The second-order valence-electron chi connectivity index (χ2n) is 4.46. The van der Waals surface area contributed by atoms with Gasteiger partial charge >= 0.3 is 0 Å². The molecule has 1 unspecified atom stereocenters. The third kappa shape index (κ3) is 2.98. The predicted octanol–water partition coefficient (Wildman–Crippen LogP) is 2.00. The molecule has 2 heterocycles. The number of nitrogens with one attached hydrogen (secondary N) is 1. The van der Waals surface area contributed by atoms with Crippen LogP contribution in [0.2, 0.25) is 0 Å². The minimum atomic E-state index is 0.154. The fourth-order valence-electron chi connectivity index (χ4n) is 1.92. The monoisotopic (exact) mass is 248 g/mol. The first-order valence-electron chi connectivity index (χ1n) is 6.33. The Bertz CT molecular complexity index is 489. The van der Waals surface area contributed by atoms with E-state index in [4.69, 9.17) is 4.42 Å². The highest BCUT2D eigenvalue weighted by molar-refractivity contribution is 5.11. The van der Waals surface area contributed by atoms with Crippen LogP contribution in [0.3, 0.4) is 0 Å². The van der Waals surface area contributed by atoms with E-state index in [9.17, 15) is 0 Å². The molecule has 1 N–H and O–H groups in total. The first kappa shape index (κ1) is 12.8. The van der Waals surface area contributed by atoms with E-state index in [1.807, 2.05) is 26.1 Å². The molecule has 0 radical (unpaired) electrons. The molecule has 0 saturated carbocycles. The van der Waals surface area contributed by atoms with Crippen LogP contribution in [-0.4, -0.2) is 21.3 Å². The van der Waals surface area contributed by atoms with Crippen LogP contribution in [0.1, 0.15) is 36.7 Å². The molecule has 1 atom stereocenters. The quantitative estimate of drug-likeness (QED) is 0.849. The highest BCUT2D eigenvalue weighted by Gasteiger charge is 2.17. The van der Waals surface area contributed by atoms with Gasteiger partial charge in [0.2, 0.25) is 0 Å². The van der Waals surface area contributed by atoms with Crippen molar-refractivity contribution in [1.29, 1.82) is 0 Å². The van der Waals surface area contributed by atoms with Gasteiger partial charge in [-0.3, -0.25) is 4.68 Å². The Kier molecular flexibility index (Phi) is 4.15. The van der Waals surface area contributed by atoms with E-state index in [0.717, 1.165) is 36.7 Å². The zero-order valence-electron chi connectivity index (χ0n) is 11.2. The molecular formula is C13H20N4O. The predicted molar refractivity (Wildman–Crippen MR) is 69.2 cm³/mol. The molecule has 2 aromatic rings. The average molecular weight is 248 g/mol. The van der Waals surface area contributed by atoms with E-state index in [1.54, 1.807) is 11.0 Å². The third-order valence-corrected chi connectivity index (χ3v) is 2.94. The van der Waals surface area contributed by atoms with E-state index >= 15 is 0 Å². The van der Waals surface area contributed by atoms with E-state index in [0.29, 0.717) is 0 Å². The minimum Gasteiger partial charge on any atom is -0.465 e. The zero-order valence-corrected chi connectivity index (χ0v) is 11.2. The molecule has 2 rings (SSSR count). The van der Waals surface area contributed by atoms with Crippen molar-refractivity contribution >= 4 is 0 Å². The summed E-state index contributed by atoms with van der Waals surface area (Å²) in [7, 11) is 1.91. The second kappa shape index (κ2) is 5.82. The van der Waals surface area contributed by atoms with Crippen molar-refractivity contribution in [3.8, 4) is 0 Å². The maximum Gasteiger partial charge on any atom is 0.138 e. The molecule has 0 aromatic carbocycles. The summed E-state index contributed by atoms with van der Waals surface area (Å²) < 4.78 is 7.51. The molecule has 2 aromatic heterocycles. The van der Waals surface area contributed by atoms with Crippen molar-refractivity contribution in [2.24, 2.45) is 7.05 Å². The van der Waals surface area contributed by atoms with Crippen LogP contribution in [0.4, 0.5) is 0 Å². The van der Waals surface area contributed by atoms with Gasteiger partial charge in [0, 0.05) is 13.5 Å². The Morgan fingerprint density at radius 1 is 1.44 bits per heavy atom. The van der Waals surface area contributed by atoms with Gasteiger partial charge in [-0.05, 0) is 32.0 Å². The lowest BCUT2D eigenvalue weighted by Gasteiger charge is -2.15. The SMILES string of the molecule is CCCNC(Cc1ncnn1C)c1ccc(C)o1. The number of rotatable bonds is 6. The normalized spacial score (nSPS) is 12.8.